The van der Waals surface area contributed by atoms with Crippen LogP contribution >= 0.6 is 58.0 Å². The number of alkyl halides is 2. The monoisotopic (exact) mass is 568 g/mol. The molecule has 2 atom stereocenters. The molecule has 1 aliphatic rings. The number of nitrogens with zero attached hydrogens (tertiary/aromatic N) is 1. The smallest absolute Gasteiger partial charge is 0.231 e. The minimum absolute atomic E-state index is 0.102. The lowest BCUT2D eigenvalue weighted by atomic mass is 10.0. The molecule has 35 heavy (non-hydrogen) atoms. The van der Waals surface area contributed by atoms with Gasteiger partial charge in [0.25, 0.3) is 0 Å². The zero-order valence-corrected chi connectivity index (χ0v) is 21.4. The molecule has 0 aliphatic heterocycles. The van der Waals surface area contributed by atoms with Crippen LogP contribution in [0.15, 0.2) is 54.6 Å². The Bertz CT molecular complexity index is 1380. The highest BCUT2D eigenvalue weighted by Gasteiger charge is 2.67. The van der Waals surface area contributed by atoms with Gasteiger partial charge in [-0.05, 0) is 59.7 Å². The predicted molar refractivity (Wildman–Crippen MR) is 136 cm³/mol. The topological polar surface area (TPSA) is 70.0 Å². The summed E-state index contributed by atoms with van der Waals surface area (Å²) < 4.78 is 12.9. The molecular weight excluding hydrogens is 557 g/mol. The van der Waals surface area contributed by atoms with Gasteiger partial charge >= 0.3 is 0 Å². The van der Waals surface area contributed by atoms with Gasteiger partial charge in [0.05, 0.1) is 22.6 Å². The predicted octanol–water partition coefficient (Wildman–Crippen LogP) is 7.61. The maximum absolute atomic E-state index is 14.2. The molecule has 0 heterocycles. The molecule has 1 fully saturated rings. The van der Waals surface area contributed by atoms with Gasteiger partial charge in [0.1, 0.15) is 10.2 Å². The first-order chi connectivity index (χ1) is 16.5. The lowest BCUT2D eigenvalue weighted by Crippen LogP contribution is -2.17. The van der Waals surface area contributed by atoms with Gasteiger partial charge in [-0.2, -0.15) is 5.26 Å². The maximum atomic E-state index is 14.2. The number of hydrogen-bond acceptors (Lipinski definition) is 3. The third-order valence-corrected chi connectivity index (χ3v) is 7.35. The molecule has 1 amide bonds. The van der Waals surface area contributed by atoms with Gasteiger partial charge in [0.15, 0.2) is 5.78 Å². The Morgan fingerprint density at radius 1 is 1.00 bits per heavy atom. The van der Waals surface area contributed by atoms with E-state index in [0.29, 0.717) is 21.3 Å². The quantitative estimate of drug-likeness (QED) is 0.245. The van der Waals surface area contributed by atoms with Crippen molar-refractivity contribution in [1.82, 2.24) is 0 Å². The van der Waals surface area contributed by atoms with Crippen LogP contribution in [0, 0.1) is 23.1 Å². The fourth-order valence-electron chi connectivity index (χ4n) is 3.89. The summed E-state index contributed by atoms with van der Waals surface area (Å²) in [4.78, 5) is 25.8. The minimum atomic E-state index is -1.36. The van der Waals surface area contributed by atoms with E-state index in [4.69, 9.17) is 63.3 Å². The summed E-state index contributed by atoms with van der Waals surface area (Å²) >= 11 is 31.1. The highest BCUT2D eigenvalue weighted by molar-refractivity contribution is 6.53. The van der Waals surface area contributed by atoms with Crippen LogP contribution in [0.2, 0.25) is 15.1 Å². The van der Waals surface area contributed by atoms with Crippen molar-refractivity contribution in [3.63, 3.8) is 0 Å². The van der Waals surface area contributed by atoms with Crippen molar-refractivity contribution in [2.45, 2.75) is 16.7 Å². The number of carbonyl (C=O) groups is 2. The largest absolute Gasteiger partial charge is 0.326 e. The van der Waals surface area contributed by atoms with E-state index in [1.807, 2.05) is 6.07 Å². The normalized spacial score (nSPS) is 18.0. The average Bonchev–Trinajstić information content (AvgIpc) is 3.37. The summed E-state index contributed by atoms with van der Waals surface area (Å²) in [6, 6.07) is 14.9. The fourth-order valence-corrected chi connectivity index (χ4v) is 5.48. The lowest BCUT2D eigenvalue weighted by Gasteiger charge is -2.10. The molecule has 4 nitrogen and oxygen atoms in total. The van der Waals surface area contributed by atoms with Crippen molar-refractivity contribution in [1.29, 1.82) is 5.26 Å². The second kappa shape index (κ2) is 9.97. The first-order valence-electron chi connectivity index (χ1n) is 10.2. The molecule has 0 aromatic heterocycles. The van der Waals surface area contributed by atoms with Crippen LogP contribution in [0.5, 0.6) is 0 Å². The van der Waals surface area contributed by atoms with E-state index in [9.17, 15) is 14.0 Å². The first-order valence-corrected chi connectivity index (χ1v) is 12.1. The Morgan fingerprint density at radius 3 is 2.31 bits per heavy atom. The average molecular weight is 571 g/mol. The van der Waals surface area contributed by atoms with Crippen molar-refractivity contribution < 1.29 is 14.0 Å². The molecular formula is C25H14Cl5FN2O2. The van der Waals surface area contributed by atoms with Crippen molar-refractivity contribution in [3.05, 3.63) is 97.7 Å². The SMILES string of the molecule is N#Cc1ccc(CC(=O)c2cc(NC(=O)C3C(c4cc(Cl)cc(Cl)c4)C3(Cl)Cl)ccc2Cl)c(F)c1. The highest BCUT2D eigenvalue weighted by atomic mass is 35.5. The Hall–Kier alpha value is -2.33. The maximum Gasteiger partial charge on any atom is 0.231 e. The standard InChI is InChI=1S/C25H14Cl5FN2O2/c26-15-6-14(7-16(27)9-15)22-23(25(22,29)30)24(35)33-17-3-4-19(28)18(10-17)21(34)8-13-2-1-12(11-32)5-20(13)31/h1-7,9-10,22-23H,8H2,(H,33,35). The Balaban J connectivity index is 1.51. The van der Waals surface area contributed by atoms with Crippen LogP contribution in [0.25, 0.3) is 0 Å². The molecule has 1 N–H and O–H groups in total. The summed E-state index contributed by atoms with van der Waals surface area (Å²) in [6.45, 7) is 0. The van der Waals surface area contributed by atoms with Gasteiger partial charge in [-0.1, -0.05) is 40.9 Å². The van der Waals surface area contributed by atoms with Crippen LogP contribution in [0.4, 0.5) is 10.1 Å². The summed E-state index contributed by atoms with van der Waals surface area (Å²) in [5.74, 6) is -2.91. The third-order valence-electron chi connectivity index (χ3n) is 5.65. The minimum Gasteiger partial charge on any atom is -0.326 e. The molecule has 4 rings (SSSR count). The first kappa shape index (κ1) is 25.8. The summed E-state index contributed by atoms with van der Waals surface area (Å²) in [5, 5.41) is 12.5. The van der Waals surface area contributed by atoms with Gasteiger partial charge in [-0.15, -0.1) is 23.2 Å². The molecule has 1 aliphatic carbocycles. The van der Waals surface area contributed by atoms with E-state index in [-0.39, 0.29) is 28.1 Å². The second-order valence-electron chi connectivity index (χ2n) is 8.03. The van der Waals surface area contributed by atoms with Gasteiger partial charge in [0, 0.05) is 33.6 Å². The van der Waals surface area contributed by atoms with Crippen molar-refractivity contribution in [3.8, 4) is 6.07 Å². The molecule has 3 aromatic rings. The van der Waals surface area contributed by atoms with Gasteiger partial charge < -0.3 is 5.32 Å². The molecule has 0 radical (unpaired) electrons. The summed E-state index contributed by atoms with van der Waals surface area (Å²) in [7, 11) is 0. The number of hydrogen-bond donors (Lipinski definition) is 1. The molecule has 2 unspecified atom stereocenters. The van der Waals surface area contributed by atoms with E-state index in [0.717, 1.165) is 6.07 Å². The number of amides is 1. The number of rotatable bonds is 6. The molecule has 0 saturated heterocycles. The zero-order valence-electron chi connectivity index (χ0n) is 17.6. The fraction of sp³-hybridized carbons (Fsp3) is 0.160. The summed E-state index contributed by atoms with van der Waals surface area (Å²) in [6.07, 6.45) is -0.276. The molecule has 0 spiro atoms. The van der Waals surface area contributed by atoms with Crippen molar-refractivity contribution in [2.24, 2.45) is 5.92 Å². The summed E-state index contributed by atoms with van der Waals surface area (Å²) in [5.41, 5.74) is 1.29. The van der Waals surface area contributed by atoms with E-state index >= 15 is 0 Å². The number of carbonyl (C=O) groups excluding carboxylic acids is 2. The third kappa shape index (κ3) is 5.43. The van der Waals surface area contributed by atoms with Crippen molar-refractivity contribution >= 4 is 75.4 Å². The molecule has 0 bridgehead atoms. The lowest BCUT2D eigenvalue weighted by molar-refractivity contribution is -0.117. The van der Waals surface area contributed by atoms with E-state index in [1.54, 1.807) is 18.2 Å². The molecule has 10 heteroatoms. The van der Waals surface area contributed by atoms with Crippen molar-refractivity contribution in [2.75, 3.05) is 5.32 Å². The van der Waals surface area contributed by atoms with Crippen LogP contribution in [-0.4, -0.2) is 16.0 Å². The van der Waals surface area contributed by atoms with E-state index in [1.165, 1.54) is 30.3 Å². The number of nitriles is 1. The number of anilines is 1. The van der Waals surface area contributed by atoms with Gasteiger partial charge in [0.2, 0.25) is 5.91 Å². The second-order valence-corrected chi connectivity index (χ2v) is 10.8. The number of ketones is 1. The van der Waals surface area contributed by atoms with Crippen LogP contribution in [0.1, 0.15) is 33.0 Å². The van der Waals surface area contributed by atoms with Crippen LogP contribution in [-0.2, 0) is 11.2 Å². The number of halogens is 6. The Labute approximate surface area is 225 Å². The number of Topliss-reactive ketones (excluding diaryl/α,β-unsaturated/α-hetero) is 1. The van der Waals surface area contributed by atoms with E-state index < -0.39 is 33.7 Å². The van der Waals surface area contributed by atoms with Gasteiger partial charge in [-0.3, -0.25) is 9.59 Å². The molecule has 178 valence electrons. The molecule has 3 aromatic carbocycles. The molecule has 1 saturated carbocycles. The number of nitrogens with one attached hydrogen (secondary N) is 1. The van der Waals surface area contributed by atoms with Gasteiger partial charge in [-0.25, -0.2) is 4.39 Å². The number of benzene rings is 3. The Morgan fingerprint density at radius 2 is 1.69 bits per heavy atom. The van der Waals surface area contributed by atoms with Crippen LogP contribution < -0.4 is 5.32 Å². The Kier molecular flexibility index (Phi) is 7.33. The van der Waals surface area contributed by atoms with Crippen LogP contribution in [0.3, 0.4) is 0 Å². The highest BCUT2D eigenvalue weighted by Crippen LogP contribution is 2.65. The van der Waals surface area contributed by atoms with E-state index in [2.05, 4.69) is 5.32 Å². The zero-order chi connectivity index (χ0) is 25.5.